The molecule has 2 amide bonds. The predicted molar refractivity (Wildman–Crippen MR) is 104 cm³/mol. The zero-order valence-electron chi connectivity index (χ0n) is 15.6. The molecule has 0 radical (unpaired) electrons. The van der Waals surface area contributed by atoms with Crippen molar-refractivity contribution in [3.8, 4) is 0 Å². The molecule has 1 aromatic carbocycles. The Morgan fingerprint density at radius 3 is 2.77 bits per heavy atom. The smallest absolute Gasteiger partial charge is 0.246 e. The number of carbonyl (C=O) groups excluding carboxylic acids is 2. The molecule has 3 heterocycles. The zero-order valence-corrected chi connectivity index (χ0v) is 16.4. The lowest BCUT2D eigenvalue weighted by atomic mass is 10.1. The summed E-state index contributed by atoms with van der Waals surface area (Å²) in [6, 6.07) is 8.36. The predicted octanol–water partition coefficient (Wildman–Crippen LogP) is 2.09. The lowest BCUT2D eigenvalue weighted by molar-refractivity contribution is -0.144. The SMILES string of the molecule is Cc1cccc(CN2CCN(C(=O)C3CSC4(C)CCC(=O)N34)CC2)c1. The maximum Gasteiger partial charge on any atom is 0.246 e. The van der Waals surface area contributed by atoms with E-state index in [2.05, 4.69) is 43.0 Å². The number of amides is 2. The van der Waals surface area contributed by atoms with E-state index in [1.165, 1.54) is 11.1 Å². The minimum atomic E-state index is -0.261. The van der Waals surface area contributed by atoms with Gasteiger partial charge in [0, 0.05) is 44.9 Å². The Balaban J connectivity index is 1.35. The van der Waals surface area contributed by atoms with E-state index in [0.29, 0.717) is 6.42 Å². The summed E-state index contributed by atoms with van der Waals surface area (Å²) in [5.41, 5.74) is 2.61. The number of piperazine rings is 1. The quantitative estimate of drug-likeness (QED) is 0.814. The van der Waals surface area contributed by atoms with Gasteiger partial charge in [-0.25, -0.2) is 0 Å². The molecule has 0 aromatic heterocycles. The van der Waals surface area contributed by atoms with Crippen LogP contribution in [0.2, 0.25) is 0 Å². The molecule has 5 nitrogen and oxygen atoms in total. The van der Waals surface area contributed by atoms with Crippen molar-refractivity contribution < 1.29 is 9.59 Å². The highest BCUT2D eigenvalue weighted by Gasteiger charge is 2.53. The van der Waals surface area contributed by atoms with Crippen LogP contribution in [0.25, 0.3) is 0 Å². The second-order valence-electron chi connectivity index (χ2n) is 7.86. The third-order valence-corrected chi connectivity index (χ3v) is 7.41. The molecular formula is C20H27N3O2S. The number of carbonyl (C=O) groups is 2. The topological polar surface area (TPSA) is 43.9 Å². The Morgan fingerprint density at radius 2 is 2.04 bits per heavy atom. The molecule has 3 fully saturated rings. The summed E-state index contributed by atoms with van der Waals surface area (Å²) in [5.74, 6) is 1.03. The van der Waals surface area contributed by atoms with Crippen LogP contribution in [0.4, 0.5) is 0 Å². The second kappa shape index (κ2) is 6.89. The van der Waals surface area contributed by atoms with Crippen LogP contribution in [-0.2, 0) is 16.1 Å². The molecule has 140 valence electrons. The first-order valence-corrected chi connectivity index (χ1v) is 10.5. The average molecular weight is 374 g/mol. The van der Waals surface area contributed by atoms with Crippen molar-refractivity contribution in [1.29, 1.82) is 0 Å². The van der Waals surface area contributed by atoms with Crippen molar-refractivity contribution in [2.24, 2.45) is 0 Å². The van der Waals surface area contributed by atoms with Crippen LogP contribution in [0.15, 0.2) is 24.3 Å². The number of hydrogen-bond donors (Lipinski definition) is 0. The highest BCUT2D eigenvalue weighted by Crippen LogP contribution is 2.47. The zero-order chi connectivity index (χ0) is 18.3. The molecule has 26 heavy (non-hydrogen) atoms. The Bertz CT molecular complexity index is 717. The van der Waals surface area contributed by atoms with Crippen LogP contribution in [0.1, 0.15) is 30.9 Å². The minimum Gasteiger partial charge on any atom is -0.338 e. The average Bonchev–Trinajstić information content (AvgIpc) is 3.11. The van der Waals surface area contributed by atoms with Gasteiger partial charge in [-0.15, -0.1) is 11.8 Å². The highest BCUT2D eigenvalue weighted by molar-refractivity contribution is 8.01. The van der Waals surface area contributed by atoms with E-state index >= 15 is 0 Å². The standard InChI is InChI=1S/C20H27N3O2S/c1-15-4-3-5-16(12-15)13-21-8-10-22(11-9-21)19(25)17-14-26-20(2)7-6-18(24)23(17)20/h3-5,12,17H,6-11,13-14H2,1-2H3. The van der Waals surface area contributed by atoms with E-state index in [1.807, 2.05) is 9.80 Å². The minimum absolute atomic E-state index is 0.145. The molecule has 3 aliphatic rings. The maximum absolute atomic E-state index is 13.0. The van der Waals surface area contributed by atoms with Gasteiger partial charge >= 0.3 is 0 Å². The van der Waals surface area contributed by atoms with Gasteiger partial charge in [0.25, 0.3) is 0 Å². The number of thioether (sulfide) groups is 1. The molecule has 0 N–H and O–H groups in total. The van der Waals surface area contributed by atoms with Crippen molar-refractivity contribution in [3.05, 3.63) is 35.4 Å². The Kier molecular flexibility index (Phi) is 4.73. The first kappa shape index (κ1) is 17.9. The fourth-order valence-electron chi connectivity index (χ4n) is 4.41. The summed E-state index contributed by atoms with van der Waals surface area (Å²) < 4.78 is 0. The molecule has 0 saturated carbocycles. The molecule has 1 aromatic rings. The number of nitrogens with zero attached hydrogens (tertiary/aromatic N) is 3. The molecule has 3 saturated heterocycles. The third-order valence-electron chi connectivity index (χ3n) is 5.90. The Labute approximate surface area is 159 Å². The fourth-order valence-corrected chi connectivity index (χ4v) is 5.83. The molecule has 0 spiro atoms. The van der Waals surface area contributed by atoms with E-state index in [-0.39, 0.29) is 22.7 Å². The summed E-state index contributed by atoms with van der Waals surface area (Å²) in [4.78, 5) is 31.4. The van der Waals surface area contributed by atoms with E-state index in [0.717, 1.165) is 44.9 Å². The van der Waals surface area contributed by atoms with Gasteiger partial charge < -0.3 is 9.80 Å². The second-order valence-corrected chi connectivity index (χ2v) is 9.36. The van der Waals surface area contributed by atoms with Gasteiger partial charge in [0.1, 0.15) is 6.04 Å². The monoisotopic (exact) mass is 373 g/mol. The lowest BCUT2D eigenvalue weighted by Crippen LogP contribution is -2.56. The van der Waals surface area contributed by atoms with Crippen LogP contribution < -0.4 is 0 Å². The van der Waals surface area contributed by atoms with Crippen LogP contribution >= 0.6 is 11.8 Å². The number of fused-ring (bicyclic) bond motifs is 1. The highest BCUT2D eigenvalue weighted by atomic mass is 32.2. The van der Waals surface area contributed by atoms with Crippen molar-refractivity contribution >= 4 is 23.6 Å². The normalized spacial score (nSPS) is 29.3. The van der Waals surface area contributed by atoms with Crippen molar-refractivity contribution in [1.82, 2.24) is 14.7 Å². The third kappa shape index (κ3) is 3.25. The van der Waals surface area contributed by atoms with E-state index in [9.17, 15) is 9.59 Å². The maximum atomic E-state index is 13.0. The van der Waals surface area contributed by atoms with E-state index < -0.39 is 0 Å². The summed E-state index contributed by atoms with van der Waals surface area (Å²) in [6.07, 6.45) is 1.45. The number of hydrogen-bond acceptors (Lipinski definition) is 4. The Hall–Kier alpha value is -1.53. The summed E-state index contributed by atoms with van der Waals surface area (Å²) in [5, 5.41) is 0. The first-order valence-electron chi connectivity index (χ1n) is 9.49. The van der Waals surface area contributed by atoms with Gasteiger partial charge in [-0.2, -0.15) is 0 Å². The van der Waals surface area contributed by atoms with Crippen molar-refractivity contribution in [2.45, 2.75) is 44.1 Å². The molecule has 2 unspecified atom stereocenters. The fraction of sp³-hybridized carbons (Fsp3) is 0.600. The van der Waals surface area contributed by atoms with Gasteiger partial charge in [0.05, 0.1) is 4.87 Å². The summed E-state index contributed by atoms with van der Waals surface area (Å²) >= 11 is 1.77. The van der Waals surface area contributed by atoms with Crippen LogP contribution in [0, 0.1) is 6.92 Å². The first-order chi connectivity index (χ1) is 12.5. The van der Waals surface area contributed by atoms with Gasteiger partial charge in [0.2, 0.25) is 11.8 Å². The molecule has 4 rings (SSSR count). The van der Waals surface area contributed by atoms with Gasteiger partial charge in [-0.3, -0.25) is 14.5 Å². The Morgan fingerprint density at radius 1 is 1.27 bits per heavy atom. The van der Waals surface area contributed by atoms with Gasteiger partial charge in [0.15, 0.2) is 0 Å². The van der Waals surface area contributed by atoms with Gasteiger partial charge in [-0.1, -0.05) is 29.8 Å². The van der Waals surface area contributed by atoms with Crippen molar-refractivity contribution in [3.63, 3.8) is 0 Å². The molecule has 0 bridgehead atoms. The molecule has 3 aliphatic heterocycles. The number of benzene rings is 1. The summed E-state index contributed by atoms with van der Waals surface area (Å²) in [6.45, 7) is 8.46. The summed E-state index contributed by atoms with van der Waals surface area (Å²) in [7, 11) is 0. The van der Waals surface area contributed by atoms with Crippen LogP contribution in [-0.4, -0.2) is 69.4 Å². The van der Waals surface area contributed by atoms with E-state index in [1.54, 1.807) is 11.8 Å². The number of rotatable bonds is 3. The number of aryl methyl sites for hydroxylation is 1. The van der Waals surface area contributed by atoms with Crippen LogP contribution in [0.5, 0.6) is 0 Å². The van der Waals surface area contributed by atoms with E-state index in [4.69, 9.17) is 0 Å². The molecule has 0 aliphatic carbocycles. The molecule has 2 atom stereocenters. The van der Waals surface area contributed by atoms with Crippen molar-refractivity contribution in [2.75, 3.05) is 31.9 Å². The largest absolute Gasteiger partial charge is 0.338 e. The van der Waals surface area contributed by atoms with Gasteiger partial charge in [-0.05, 0) is 25.8 Å². The molecular weight excluding hydrogens is 346 g/mol. The van der Waals surface area contributed by atoms with Crippen LogP contribution in [0.3, 0.4) is 0 Å². The lowest BCUT2D eigenvalue weighted by Gasteiger charge is -2.38. The molecule has 6 heteroatoms.